The summed E-state index contributed by atoms with van der Waals surface area (Å²) in [5.41, 5.74) is 0.795. The molecule has 5 nitrogen and oxygen atoms in total. The molecule has 0 unspecified atom stereocenters. The van der Waals surface area contributed by atoms with Gasteiger partial charge in [0.1, 0.15) is 5.60 Å². The molecule has 1 aromatic heterocycles. The molecule has 1 fully saturated rings. The second-order valence-corrected chi connectivity index (χ2v) is 7.84. The number of carbonyl (C=O) groups is 1. The van der Waals surface area contributed by atoms with E-state index in [4.69, 9.17) is 4.74 Å². The van der Waals surface area contributed by atoms with Crippen LogP contribution in [0.25, 0.3) is 0 Å². The second-order valence-electron chi connectivity index (χ2n) is 6.67. The second kappa shape index (κ2) is 6.54. The molecule has 1 aliphatic carbocycles. The molecule has 1 saturated carbocycles. The lowest BCUT2D eigenvalue weighted by Crippen LogP contribution is -2.41. The first-order chi connectivity index (χ1) is 9.76. The Morgan fingerprint density at radius 1 is 1.38 bits per heavy atom. The maximum Gasteiger partial charge on any atom is 0.407 e. The van der Waals surface area contributed by atoms with Crippen LogP contribution in [0.15, 0.2) is 6.20 Å². The van der Waals surface area contributed by atoms with Crippen LogP contribution in [0.4, 0.5) is 4.79 Å². The van der Waals surface area contributed by atoms with Crippen LogP contribution < -0.4 is 5.32 Å². The minimum atomic E-state index is -0.440. The maximum atomic E-state index is 11.8. The first kappa shape index (κ1) is 16.6. The molecule has 0 atom stereocenters. The zero-order valence-corrected chi connectivity index (χ0v) is 15.3. The fraction of sp³-hybridized carbons (Fsp3) is 0.733. The normalized spacial score (nSPS) is 22.9. The molecular weight excluding hydrogens is 381 g/mol. The van der Waals surface area contributed by atoms with E-state index in [1.807, 2.05) is 27.0 Å². The van der Waals surface area contributed by atoms with Crippen molar-refractivity contribution in [3.63, 3.8) is 0 Å². The zero-order chi connectivity index (χ0) is 15.6. The van der Waals surface area contributed by atoms with Crippen molar-refractivity contribution < 1.29 is 9.53 Å². The fourth-order valence-corrected chi connectivity index (χ4v) is 3.08. The molecule has 1 aliphatic rings. The Hall–Kier alpha value is -0.790. The van der Waals surface area contributed by atoms with Gasteiger partial charge in [-0.2, -0.15) is 5.10 Å². The third-order valence-electron chi connectivity index (χ3n) is 3.75. The first-order valence-corrected chi connectivity index (χ1v) is 8.53. The quantitative estimate of drug-likeness (QED) is 0.762. The van der Waals surface area contributed by atoms with E-state index in [-0.39, 0.29) is 12.1 Å². The lowest BCUT2D eigenvalue weighted by Gasteiger charge is -2.30. The predicted octanol–water partition coefficient (Wildman–Crippen LogP) is 3.80. The number of hydrogen-bond acceptors (Lipinski definition) is 3. The van der Waals surface area contributed by atoms with E-state index in [0.717, 1.165) is 25.7 Å². The summed E-state index contributed by atoms with van der Waals surface area (Å²) in [6.07, 6.45) is 5.63. The predicted molar refractivity (Wildman–Crippen MR) is 90.3 cm³/mol. The summed E-state index contributed by atoms with van der Waals surface area (Å²) >= 11 is 2.32. The Balaban J connectivity index is 1.83. The number of hydrogen-bond donors (Lipinski definition) is 1. The minimum Gasteiger partial charge on any atom is -0.444 e. The van der Waals surface area contributed by atoms with Crippen LogP contribution in [0.1, 0.15) is 58.2 Å². The fourth-order valence-electron chi connectivity index (χ4n) is 2.71. The number of amides is 1. The molecule has 0 saturated heterocycles. The highest BCUT2D eigenvalue weighted by molar-refractivity contribution is 14.1. The molecule has 1 amide bonds. The van der Waals surface area contributed by atoms with Crippen LogP contribution in [0, 0.1) is 10.5 Å². The van der Waals surface area contributed by atoms with E-state index in [0.29, 0.717) is 6.04 Å². The highest BCUT2D eigenvalue weighted by Crippen LogP contribution is 2.30. The molecule has 0 aliphatic heterocycles. The van der Waals surface area contributed by atoms with E-state index in [1.54, 1.807) is 0 Å². The number of aromatic nitrogens is 2. The average Bonchev–Trinajstić information content (AvgIpc) is 2.69. The SMILES string of the molecule is Cc1c(I)cnn1[C@H]1CC[C@@H](NC(=O)OC(C)(C)C)CC1. The van der Waals surface area contributed by atoms with Gasteiger partial charge >= 0.3 is 6.09 Å². The molecule has 21 heavy (non-hydrogen) atoms. The number of nitrogens with zero attached hydrogens (tertiary/aromatic N) is 2. The van der Waals surface area contributed by atoms with Gasteiger partial charge in [-0.15, -0.1) is 0 Å². The zero-order valence-electron chi connectivity index (χ0n) is 13.1. The van der Waals surface area contributed by atoms with Crippen LogP contribution >= 0.6 is 22.6 Å². The largest absolute Gasteiger partial charge is 0.444 e. The smallest absolute Gasteiger partial charge is 0.407 e. The summed E-state index contributed by atoms with van der Waals surface area (Å²) in [6.45, 7) is 7.75. The summed E-state index contributed by atoms with van der Waals surface area (Å²) in [4.78, 5) is 11.8. The van der Waals surface area contributed by atoms with E-state index in [2.05, 4.69) is 44.6 Å². The molecule has 1 N–H and O–H groups in total. The molecular formula is C15H24IN3O2. The number of carbonyl (C=O) groups excluding carboxylic acids is 1. The average molecular weight is 405 g/mol. The Kier molecular flexibility index (Phi) is 5.16. The van der Waals surface area contributed by atoms with Crippen LogP contribution in [-0.4, -0.2) is 27.5 Å². The van der Waals surface area contributed by atoms with Gasteiger partial charge in [0.15, 0.2) is 0 Å². The number of nitrogens with one attached hydrogen (secondary N) is 1. The summed E-state index contributed by atoms with van der Waals surface area (Å²) < 4.78 is 8.65. The molecule has 0 radical (unpaired) electrons. The van der Waals surface area contributed by atoms with E-state index in [9.17, 15) is 4.79 Å². The Labute approximate surface area is 139 Å². The van der Waals surface area contributed by atoms with Crippen molar-refractivity contribution in [2.75, 3.05) is 0 Å². The lowest BCUT2D eigenvalue weighted by molar-refractivity contribution is 0.0487. The van der Waals surface area contributed by atoms with Crippen molar-refractivity contribution in [1.29, 1.82) is 0 Å². The van der Waals surface area contributed by atoms with Crippen LogP contribution in [0.5, 0.6) is 0 Å². The molecule has 118 valence electrons. The Morgan fingerprint density at radius 2 is 2.00 bits per heavy atom. The van der Waals surface area contributed by atoms with Gasteiger partial charge in [0.05, 0.1) is 15.8 Å². The third kappa shape index (κ3) is 4.59. The van der Waals surface area contributed by atoms with E-state index in [1.165, 1.54) is 9.26 Å². The first-order valence-electron chi connectivity index (χ1n) is 7.45. The highest BCUT2D eigenvalue weighted by atomic mass is 127. The van der Waals surface area contributed by atoms with Gasteiger partial charge in [-0.1, -0.05) is 0 Å². The molecule has 6 heteroatoms. The summed E-state index contributed by atoms with van der Waals surface area (Å²) in [5, 5.41) is 7.45. The summed E-state index contributed by atoms with van der Waals surface area (Å²) in [5.74, 6) is 0. The minimum absolute atomic E-state index is 0.214. The van der Waals surface area contributed by atoms with Crippen molar-refractivity contribution in [2.24, 2.45) is 0 Å². The Morgan fingerprint density at radius 3 is 2.48 bits per heavy atom. The van der Waals surface area contributed by atoms with Crippen molar-refractivity contribution in [3.05, 3.63) is 15.5 Å². The molecule has 0 bridgehead atoms. The molecule has 1 aromatic rings. The van der Waals surface area contributed by atoms with Crippen molar-refractivity contribution in [3.8, 4) is 0 Å². The topological polar surface area (TPSA) is 56.2 Å². The standard InChI is InChI=1S/C15H24IN3O2/c1-10-13(16)9-17-19(10)12-7-5-11(6-8-12)18-14(20)21-15(2,3)4/h9,11-12H,5-8H2,1-4H3,(H,18,20)/t11-,12+. The monoisotopic (exact) mass is 405 g/mol. The van der Waals surface area contributed by atoms with Gasteiger partial charge in [0.25, 0.3) is 0 Å². The molecule has 0 spiro atoms. The van der Waals surface area contributed by atoms with Crippen LogP contribution in [0.3, 0.4) is 0 Å². The summed E-state index contributed by atoms with van der Waals surface area (Å²) in [6, 6.07) is 0.663. The van der Waals surface area contributed by atoms with Crippen LogP contribution in [-0.2, 0) is 4.74 Å². The van der Waals surface area contributed by atoms with Gasteiger partial charge < -0.3 is 10.1 Å². The molecule has 2 rings (SSSR count). The van der Waals surface area contributed by atoms with Crippen molar-refractivity contribution in [1.82, 2.24) is 15.1 Å². The number of ether oxygens (including phenoxy) is 1. The van der Waals surface area contributed by atoms with E-state index < -0.39 is 5.60 Å². The van der Waals surface area contributed by atoms with Crippen molar-refractivity contribution in [2.45, 2.75) is 71.1 Å². The van der Waals surface area contributed by atoms with Gasteiger partial charge in [-0.25, -0.2) is 4.79 Å². The van der Waals surface area contributed by atoms with Gasteiger partial charge in [0, 0.05) is 11.7 Å². The lowest BCUT2D eigenvalue weighted by atomic mass is 9.91. The van der Waals surface area contributed by atoms with Gasteiger partial charge in [-0.3, -0.25) is 4.68 Å². The van der Waals surface area contributed by atoms with Gasteiger partial charge in [-0.05, 0) is 76.0 Å². The third-order valence-corrected chi connectivity index (χ3v) is 4.81. The van der Waals surface area contributed by atoms with Gasteiger partial charge in [0.2, 0.25) is 0 Å². The van der Waals surface area contributed by atoms with Crippen molar-refractivity contribution >= 4 is 28.7 Å². The number of alkyl carbamates (subject to hydrolysis) is 1. The van der Waals surface area contributed by atoms with E-state index >= 15 is 0 Å². The number of rotatable bonds is 2. The number of halogens is 1. The maximum absolute atomic E-state index is 11.8. The molecule has 0 aromatic carbocycles. The highest BCUT2D eigenvalue weighted by Gasteiger charge is 2.26. The van der Waals surface area contributed by atoms with Crippen LogP contribution in [0.2, 0.25) is 0 Å². The molecule has 1 heterocycles. The summed E-state index contributed by atoms with van der Waals surface area (Å²) in [7, 11) is 0. The Bertz CT molecular complexity index is 500.